The Bertz CT molecular complexity index is 79.6. The Balaban J connectivity index is 3.44. The van der Waals surface area contributed by atoms with Crippen LogP contribution in [0.1, 0.15) is 33.1 Å². The van der Waals surface area contributed by atoms with Crippen molar-refractivity contribution in [3.8, 4) is 0 Å². The first kappa shape index (κ1) is 10.9. The third-order valence-corrected chi connectivity index (χ3v) is 1.90. The summed E-state index contributed by atoms with van der Waals surface area (Å²) in [5.74, 6) is 0.699. The van der Waals surface area contributed by atoms with Gasteiger partial charge in [-0.15, -0.1) is 0 Å². The summed E-state index contributed by atoms with van der Waals surface area (Å²) in [5, 5.41) is 0. The molecule has 0 aliphatic rings. The molecule has 0 aliphatic heterocycles. The highest BCUT2D eigenvalue weighted by atomic mass is 16.7. The molecule has 0 aromatic carbocycles. The van der Waals surface area contributed by atoms with E-state index in [4.69, 9.17) is 9.47 Å². The second-order valence-electron chi connectivity index (χ2n) is 3.03. The molecule has 0 spiro atoms. The van der Waals surface area contributed by atoms with Crippen LogP contribution in [0.2, 0.25) is 0 Å². The van der Waals surface area contributed by atoms with Gasteiger partial charge in [-0.25, -0.2) is 0 Å². The molecule has 68 valence electrons. The average Bonchev–Trinajstić information content (AvgIpc) is 2.01. The van der Waals surface area contributed by atoms with Crippen molar-refractivity contribution < 1.29 is 9.47 Å². The van der Waals surface area contributed by atoms with Gasteiger partial charge in [-0.1, -0.05) is 26.7 Å². The summed E-state index contributed by atoms with van der Waals surface area (Å²) in [4.78, 5) is 0. The summed E-state index contributed by atoms with van der Waals surface area (Å²) in [6.07, 6.45) is 3.47. The third-order valence-electron chi connectivity index (χ3n) is 1.90. The lowest BCUT2D eigenvalue weighted by molar-refractivity contribution is -0.113. The second-order valence-corrected chi connectivity index (χ2v) is 3.03. The van der Waals surface area contributed by atoms with Crippen molar-refractivity contribution in [1.29, 1.82) is 0 Å². The molecule has 0 saturated carbocycles. The summed E-state index contributed by atoms with van der Waals surface area (Å²) in [5.41, 5.74) is 0. The highest BCUT2D eigenvalue weighted by Crippen LogP contribution is 2.14. The van der Waals surface area contributed by atoms with Gasteiger partial charge in [0.1, 0.15) is 0 Å². The lowest BCUT2D eigenvalue weighted by Gasteiger charge is -2.17. The van der Waals surface area contributed by atoms with Crippen LogP contribution in [0.4, 0.5) is 0 Å². The SMILES string of the molecule is CCCC(C)CC(OC)OC. The first-order chi connectivity index (χ1) is 5.24. The van der Waals surface area contributed by atoms with Gasteiger partial charge in [-0.3, -0.25) is 0 Å². The lowest BCUT2D eigenvalue weighted by atomic mass is 10.0. The fraction of sp³-hybridized carbons (Fsp3) is 1.00. The number of ether oxygens (including phenoxy) is 2. The third kappa shape index (κ3) is 5.22. The van der Waals surface area contributed by atoms with Gasteiger partial charge in [0.2, 0.25) is 0 Å². The van der Waals surface area contributed by atoms with E-state index < -0.39 is 0 Å². The molecule has 1 atom stereocenters. The van der Waals surface area contributed by atoms with Crippen molar-refractivity contribution in [3.63, 3.8) is 0 Å². The minimum absolute atomic E-state index is 0.0171. The average molecular weight is 160 g/mol. The maximum Gasteiger partial charge on any atom is 0.157 e. The number of methoxy groups -OCH3 is 2. The van der Waals surface area contributed by atoms with E-state index in [0.29, 0.717) is 5.92 Å². The van der Waals surface area contributed by atoms with Crippen LogP contribution in [-0.2, 0) is 9.47 Å². The summed E-state index contributed by atoms with van der Waals surface area (Å²) >= 11 is 0. The quantitative estimate of drug-likeness (QED) is 0.556. The zero-order valence-electron chi connectivity index (χ0n) is 8.09. The fourth-order valence-corrected chi connectivity index (χ4v) is 1.23. The van der Waals surface area contributed by atoms with Crippen LogP contribution in [0, 0.1) is 5.92 Å². The zero-order chi connectivity index (χ0) is 8.69. The van der Waals surface area contributed by atoms with Crippen LogP contribution >= 0.6 is 0 Å². The van der Waals surface area contributed by atoms with Gasteiger partial charge >= 0.3 is 0 Å². The van der Waals surface area contributed by atoms with Gasteiger partial charge in [0.05, 0.1) is 0 Å². The highest BCUT2D eigenvalue weighted by molar-refractivity contribution is 4.54. The predicted octanol–water partition coefficient (Wildman–Crippen LogP) is 2.43. The largest absolute Gasteiger partial charge is 0.356 e. The normalized spacial score (nSPS) is 13.9. The molecule has 0 saturated heterocycles. The van der Waals surface area contributed by atoms with Crippen molar-refractivity contribution in [2.24, 2.45) is 5.92 Å². The maximum atomic E-state index is 5.09. The van der Waals surface area contributed by atoms with Gasteiger partial charge in [-0.2, -0.15) is 0 Å². The van der Waals surface area contributed by atoms with Gasteiger partial charge in [0.15, 0.2) is 6.29 Å². The number of hydrogen-bond acceptors (Lipinski definition) is 2. The van der Waals surface area contributed by atoms with E-state index in [-0.39, 0.29) is 6.29 Å². The van der Waals surface area contributed by atoms with Crippen LogP contribution in [0.3, 0.4) is 0 Å². The van der Waals surface area contributed by atoms with Crippen molar-refractivity contribution >= 4 is 0 Å². The topological polar surface area (TPSA) is 18.5 Å². The van der Waals surface area contributed by atoms with Crippen LogP contribution < -0.4 is 0 Å². The smallest absolute Gasteiger partial charge is 0.157 e. The van der Waals surface area contributed by atoms with E-state index in [1.165, 1.54) is 12.8 Å². The van der Waals surface area contributed by atoms with E-state index in [2.05, 4.69) is 13.8 Å². The molecule has 2 nitrogen and oxygen atoms in total. The van der Waals surface area contributed by atoms with Crippen LogP contribution in [0.15, 0.2) is 0 Å². The summed E-state index contributed by atoms with van der Waals surface area (Å²) in [6, 6.07) is 0. The molecule has 11 heavy (non-hydrogen) atoms. The molecule has 0 amide bonds. The zero-order valence-corrected chi connectivity index (χ0v) is 8.09. The van der Waals surface area contributed by atoms with E-state index >= 15 is 0 Å². The van der Waals surface area contributed by atoms with Crippen molar-refractivity contribution in [2.45, 2.75) is 39.4 Å². The minimum atomic E-state index is -0.0171. The summed E-state index contributed by atoms with van der Waals surface area (Å²) in [7, 11) is 3.37. The Morgan fingerprint density at radius 3 is 2.09 bits per heavy atom. The van der Waals surface area contributed by atoms with Crippen molar-refractivity contribution in [1.82, 2.24) is 0 Å². The molecule has 0 fully saturated rings. The van der Waals surface area contributed by atoms with E-state index in [1.54, 1.807) is 14.2 Å². The van der Waals surface area contributed by atoms with Crippen LogP contribution in [-0.4, -0.2) is 20.5 Å². The first-order valence-corrected chi connectivity index (χ1v) is 4.30. The summed E-state index contributed by atoms with van der Waals surface area (Å²) < 4.78 is 10.2. The van der Waals surface area contributed by atoms with Crippen LogP contribution in [0.5, 0.6) is 0 Å². The molecule has 2 heteroatoms. The molecular weight excluding hydrogens is 140 g/mol. The first-order valence-electron chi connectivity index (χ1n) is 4.30. The standard InChI is InChI=1S/C9H20O2/c1-5-6-8(2)7-9(10-3)11-4/h8-9H,5-7H2,1-4H3. The van der Waals surface area contributed by atoms with Gasteiger partial charge in [0, 0.05) is 20.6 Å². The predicted molar refractivity (Wildman–Crippen MR) is 46.5 cm³/mol. The maximum absolute atomic E-state index is 5.09. The Hall–Kier alpha value is -0.0800. The molecule has 0 bridgehead atoms. The minimum Gasteiger partial charge on any atom is -0.356 e. The Morgan fingerprint density at radius 1 is 1.18 bits per heavy atom. The molecule has 0 aromatic rings. The number of rotatable bonds is 6. The van der Waals surface area contributed by atoms with E-state index in [0.717, 1.165) is 6.42 Å². The van der Waals surface area contributed by atoms with Gasteiger partial charge in [0.25, 0.3) is 0 Å². The molecule has 0 heterocycles. The molecule has 1 unspecified atom stereocenters. The molecular formula is C9H20O2. The molecule has 0 N–H and O–H groups in total. The second kappa shape index (κ2) is 6.62. The van der Waals surface area contributed by atoms with Crippen molar-refractivity contribution in [3.05, 3.63) is 0 Å². The molecule has 0 rings (SSSR count). The Morgan fingerprint density at radius 2 is 1.73 bits per heavy atom. The Labute approximate surface area is 69.9 Å². The lowest BCUT2D eigenvalue weighted by Crippen LogP contribution is -2.16. The molecule has 0 aliphatic carbocycles. The fourth-order valence-electron chi connectivity index (χ4n) is 1.23. The van der Waals surface area contributed by atoms with Crippen molar-refractivity contribution in [2.75, 3.05) is 14.2 Å². The van der Waals surface area contributed by atoms with Gasteiger partial charge < -0.3 is 9.47 Å². The van der Waals surface area contributed by atoms with E-state index in [9.17, 15) is 0 Å². The van der Waals surface area contributed by atoms with Gasteiger partial charge in [-0.05, 0) is 5.92 Å². The summed E-state index contributed by atoms with van der Waals surface area (Å²) in [6.45, 7) is 4.43. The number of hydrogen-bond donors (Lipinski definition) is 0. The van der Waals surface area contributed by atoms with E-state index in [1.807, 2.05) is 0 Å². The Kier molecular flexibility index (Phi) is 6.57. The molecule has 0 aromatic heterocycles. The monoisotopic (exact) mass is 160 g/mol. The molecule has 0 radical (unpaired) electrons. The van der Waals surface area contributed by atoms with Crippen LogP contribution in [0.25, 0.3) is 0 Å². The highest BCUT2D eigenvalue weighted by Gasteiger charge is 2.09.